The van der Waals surface area contributed by atoms with Crippen molar-refractivity contribution in [2.24, 2.45) is 34.5 Å². The maximum absolute atomic E-state index is 10.5. The molecule has 0 aromatic heterocycles. The zero-order chi connectivity index (χ0) is 14.8. The fourth-order valence-corrected chi connectivity index (χ4v) is 6.82. The summed E-state index contributed by atoms with van der Waals surface area (Å²) >= 11 is 0. The number of allylic oxidation sites excluding steroid dienone is 2. The lowest BCUT2D eigenvalue weighted by molar-refractivity contribution is -0.106. The molecule has 0 spiro atoms. The number of hydrogen-bond acceptors (Lipinski definition) is 2. The first-order chi connectivity index (χ1) is 9.95. The van der Waals surface area contributed by atoms with Gasteiger partial charge in [-0.15, -0.1) is 0 Å². The van der Waals surface area contributed by atoms with Gasteiger partial charge in [0.15, 0.2) is 0 Å². The fraction of sp³-hybridized carbons (Fsp3) is 0.895. The quantitative estimate of drug-likeness (QED) is 0.692. The molecule has 21 heavy (non-hydrogen) atoms. The largest absolute Gasteiger partial charge is 0.513 e. The van der Waals surface area contributed by atoms with E-state index in [1.165, 1.54) is 32.1 Å². The van der Waals surface area contributed by atoms with Crippen molar-refractivity contribution in [2.75, 3.05) is 0 Å². The van der Waals surface area contributed by atoms with E-state index in [2.05, 4.69) is 19.9 Å². The van der Waals surface area contributed by atoms with E-state index in [0.717, 1.165) is 37.0 Å². The minimum atomic E-state index is -0.0655. The number of hydrogen-bond donors (Lipinski definition) is 2. The standard InChI is InChI=1S/C19H30O2/c1-18-9-7-13(20)11-12(18)3-4-14-15-5-6-17(21)19(15,2)10-8-16(14)18/h11-12,14-17,20-21H,3-10H2,1-2H3. The first-order valence-electron chi connectivity index (χ1n) is 9.03. The van der Waals surface area contributed by atoms with Crippen molar-refractivity contribution >= 4 is 0 Å². The summed E-state index contributed by atoms with van der Waals surface area (Å²) in [5.74, 6) is 3.58. The van der Waals surface area contributed by atoms with E-state index >= 15 is 0 Å². The predicted octanol–water partition coefficient (Wildman–Crippen LogP) is 4.44. The Morgan fingerprint density at radius 2 is 1.71 bits per heavy atom. The summed E-state index contributed by atoms with van der Waals surface area (Å²) < 4.78 is 0. The molecule has 0 saturated heterocycles. The van der Waals surface area contributed by atoms with Gasteiger partial charge in [-0.25, -0.2) is 0 Å². The van der Waals surface area contributed by atoms with E-state index in [-0.39, 0.29) is 11.5 Å². The van der Waals surface area contributed by atoms with Gasteiger partial charge in [-0.2, -0.15) is 0 Å². The molecule has 0 bridgehead atoms. The van der Waals surface area contributed by atoms with Crippen molar-refractivity contribution < 1.29 is 10.2 Å². The lowest BCUT2D eigenvalue weighted by atomic mass is 9.46. The van der Waals surface area contributed by atoms with E-state index in [1.807, 2.05) is 0 Å². The normalized spacial score (nSPS) is 56.1. The Morgan fingerprint density at radius 1 is 0.952 bits per heavy atom. The monoisotopic (exact) mass is 290 g/mol. The number of fused-ring (bicyclic) bond motifs is 5. The third kappa shape index (κ3) is 1.81. The molecule has 3 saturated carbocycles. The third-order valence-electron chi connectivity index (χ3n) is 8.21. The Hall–Kier alpha value is -0.500. The van der Waals surface area contributed by atoms with E-state index in [0.29, 0.717) is 17.1 Å². The van der Waals surface area contributed by atoms with Crippen LogP contribution in [0.1, 0.15) is 65.2 Å². The zero-order valence-corrected chi connectivity index (χ0v) is 13.5. The molecule has 7 atom stereocenters. The number of aliphatic hydroxyl groups excluding tert-OH is 2. The second-order valence-corrected chi connectivity index (χ2v) is 8.86. The van der Waals surface area contributed by atoms with Gasteiger partial charge < -0.3 is 10.2 Å². The maximum atomic E-state index is 10.5. The lowest BCUT2D eigenvalue weighted by Gasteiger charge is -2.59. The molecule has 4 aliphatic carbocycles. The number of rotatable bonds is 0. The molecular weight excluding hydrogens is 260 g/mol. The number of aliphatic hydroxyl groups is 2. The Bertz CT molecular complexity index is 470. The van der Waals surface area contributed by atoms with Gasteiger partial charge in [-0.05, 0) is 85.5 Å². The van der Waals surface area contributed by atoms with Crippen LogP contribution in [-0.4, -0.2) is 16.3 Å². The van der Waals surface area contributed by atoms with Crippen LogP contribution in [0, 0.1) is 34.5 Å². The Morgan fingerprint density at radius 3 is 2.52 bits per heavy atom. The van der Waals surface area contributed by atoms with Gasteiger partial charge in [0.1, 0.15) is 0 Å². The van der Waals surface area contributed by atoms with Crippen LogP contribution in [0.15, 0.2) is 11.8 Å². The molecule has 0 radical (unpaired) electrons. The van der Waals surface area contributed by atoms with Crippen LogP contribution in [0.5, 0.6) is 0 Å². The summed E-state index contributed by atoms with van der Waals surface area (Å²) in [5.41, 5.74) is 0.584. The molecule has 4 aliphatic rings. The first kappa shape index (κ1) is 14.1. The summed E-state index contributed by atoms with van der Waals surface area (Å²) in [7, 11) is 0. The Balaban J connectivity index is 1.66. The minimum Gasteiger partial charge on any atom is -0.513 e. The SMILES string of the molecule is CC12CCC3C(CCC4C=C(O)CCC43C)C1CCC2O. The van der Waals surface area contributed by atoms with Crippen molar-refractivity contribution in [3.63, 3.8) is 0 Å². The Kier molecular flexibility index (Phi) is 3.03. The zero-order valence-electron chi connectivity index (χ0n) is 13.5. The maximum Gasteiger partial charge on any atom is 0.0886 e. The highest BCUT2D eigenvalue weighted by atomic mass is 16.3. The molecule has 0 amide bonds. The second kappa shape index (κ2) is 4.50. The molecule has 0 aromatic rings. The van der Waals surface area contributed by atoms with Crippen molar-refractivity contribution in [3.8, 4) is 0 Å². The van der Waals surface area contributed by atoms with Crippen LogP contribution in [0.25, 0.3) is 0 Å². The highest BCUT2D eigenvalue weighted by Crippen LogP contribution is 2.65. The Labute approximate surface area is 128 Å². The predicted molar refractivity (Wildman–Crippen MR) is 83.8 cm³/mol. The van der Waals surface area contributed by atoms with Crippen LogP contribution in [-0.2, 0) is 0 Å². The van der Waals surface area contributed by atoms with Gasteiger partial charge in [-0.1, -0.05) is 13.8 Å². The highest BCUT2D eigenvalue weighted by Gasteiger charge is 2.59. The summed E-state index contributed by atoms with van der Waals surface area (Å²) in [5, 5.41) is 20.4. The molecule has 2 nitrogen and oxygen atoms in total. The van der Waals surface area contributed by atoms with Gasteiger partial charge in [0.05, 0.1) is 11.9 Å². The van der Waals surface area contributed by atoms with Crippen molar-refractivity contribution in [2.45, 2.75) is 71.3 Å². The van der Waals surface area contributed by atoms with Gasteiger partial charge in [0.25, 0.3) is 0 Å². The van der Waals surface area contributed by atoms with Gasteiger partial charge in [0.2, 0.25) is 0 Å². The molecule has 0 heterocycles. The van der Waals surface area contributed by atoms with E-state index in [9.17, 15) is 10.2 Å². The summed E-state index contributed by atoms with van der Waals surface area (Å²) in [6, 6.07) is 0. The average Bonchev–Trinajstić information content (AvgIpc) is 2.76. The summed E-state index contributed by atoms with van der Waals surface area (Å²) in [6.45, 7) is 4.85. The van der Waals surface area contributed by atoms with Crippen LogP contribution >= 0.6 is 0 Å². The molecule has 4 rings (SSSR count). The van der Waals surface area contributed by atoms with Gasteiger partial charge in [0, 0.05) is 6.42 Å². The van der Waals surface area contributed by atoms with Crippen molar-refractivity contribution in [1.29, 1.82) is 0 Å². The highest BCUT2D eigenvalue weighted by molar-refractivity contribution is 5.15. The minimum absolute atomic E-state index is 0.0655. The summed E-state index contributed by atoms with van der Waals surface area (Å²) in [4.78, 5) is 0. The van der Waals surface area contributed by atoms with E-state index in [1.54, 1.807) is 0 Å². The molecule has 118 valence electrons. The molecule has 7 unspecified atom stereocenters. The topological polar surface area (TPSA) is 40.5 Å². The molecule has 3 fully saturated rings. The fourth-order valence-electron chi connectivity index (χ4n) is 6.82. The van der Waals surface area contributed by atoms with Crippen LogP contribution in [0.2, 0.25) is 0 Å². The average molecular weight is 290 g/mol. The molecular formula is C19H30O2. The van der Waals surface area contributed by atoms with Crippen molar-refractivity contribution in [1.82, 2.24) is 0 Å². The molecule has 0 aromatic carbocycles. The van der Waals surface area contributed by atoms with Crippen LogP contribution in [0.3, 0.4) is 0 Å². The smallest absolute Gasteiger partial charge is 0.0886 e. The summed E-state index contributed by atoms with van der Waals surface area (Å²) in [6.07, 6.45) is 11.4. The molecule has 2 heteroatoms. The van der Waals surface area contributed by atoms with Gasteiger partial charge in [-0.3, -0.25) is 0 Å². The molecule has 2 N–H and O–H groups in total. The first-order valence-corrected chi connectivity index (χ1v) is 9.03. The van der Waals surface area contributed by atoms with Crippen molar-refractivity contribution in [3.05, 3.63) is 11.8 Å². The lowest BCUT2D eigenvalue weighted by Crippen LogP contribution is -2.52. The third-order valence-corrected chi connectivity index (χ3v) is 8.21. The molecule has 0 aliphatic heterocycles. The van der Waals surface area contributed by atoms with Gasteiger partial charge >= 0.3 is 0 Å². The second-order valence-electron chi connectivity index (χ2n) is 8.86. The van der Waals surface area contributed by atoms with E-state index < -0.39 is 0 Å². The van der Waals surface area contributed by atoms with Crippen LogP contribution < -0.4 is 0 Å². The van der Waals surface area contributed by atoms with Crippen LogP contribution in [0.4, 0.5) is 0 Å². The van der Waals surface area contributed by atoms with E-state index in [4.69, 9.17) is 0 Å².